The van der Waals surface area contributed by atoms with Gasteiger partial charge < -0.3 is 4.74 Å². The van der Waals surface area contributed by atoms with Crippen LogP contribution < -0.4 is 0 Å². The average molecular weight is 593 g/mol. The maximum absolute atomic E-state index is 13.0. The predicted octanol–water partition coefficient (Wildman–Crippen LogP) is 9.09. The smallest absolute Gasteiger partial charge is 0.338 e. The minimum absolute atomic E-state index is 0.148. The topological polar surface area (TPSA) is 113 Å². The molecular weight excluding hydrogens is 544 g/mol. The Morgan fingerprint density at radius 2 is 1.53 bits per heavy atom. The minimum atomic E-state index is -0.733. The zero-order chi connectivity index (χ0) is 31.3. The molecule has 8 heteroatoms. The van der Waals surface area contributed by atoms with Gasteiger partial charge in [0.1, 0.15) is 6.10 Å². The zero-order valence-electron chi connectivity index (χ0n) is 26.6. The molecule has 234 valence electrons. The van der Waals surface area contributed by atoms with Crippen molar-refractivity contribution in [2.24, 2.45) is 52.3 Å². The molecule has 0 amide bonds. The van der Waals surface area contributed by atoms with Crippen LogP contribution in [0.4, 0.5) is 11.4 Å². The van der Waals surface area contributed by atoms with E-state index in [2.05, 4.69) is 59.8 Å². The van der Waals surface area contributed by atoms with Crippen LogP contribution in [0.1, 0.15) is 103 Å². The Hall–Kier alpha value is -3.03. The summed E-state index contributed by atoms with van der Waals surface area (Å²) in [5.41, 5.74) is 1.07. The minimum Gasteiger partial charge on any atom is -0.459 e. The first-order valence-corrected chi connectivity index (χ1v) is 16.3. The van der Waals surface area contributed by atoms with E-state index in [0.29, 0.717) is 46.8 Å². The number of non-ortho nitro benzene ring substituents is 2. The van der Waals surface area contributed by atoms with E-state index in [-0.39, 0.29) is 17.1 Å². The molecule has 9 atom stereocenters. The van der Waals surface area contributed by atoms with Gasteiger partial charge in [0.25, 0.3) is 11.4 Å². The third kappa shape index (κ3) is 5.78. The monoisotopic (exact) mass is 592 g/mol. The molecule has 4 aliphatic rings. The van der Waals surface area contributed by atoms with Crippen LogP contribution in [0.3, 0.4) is 0 Å². The summed E-state index contributed by atoms with van der Waals surface area (Å²) in [5, 5.41) is 22.6. The number of benzene rings is 1. The molecule has 0 spiro atoms. The van der Waals surface area contributed by atoms with E-state index in [1.54, 1.807) is 5.57 Å². The van der Waals surface area contributed by atoms with Crippen LogP contribution >= 0.6 is 0 Å². The summed E-state index contributed by atoms with van der Waals surface area (Å²) in [4.78, 5) is 34.1. The predicted molar refractivity (Wildman–Crippen MR) is 166 cm³/mol. The Kier molecular flexibility index (Phi) is 8.62. The van der Waals surface area contributed by atoms with Gasteiger partial charge in [-0.15, -0.1) is 0 Å². The molecule has 1 aromatic carbocycles. The van der Waals surface area contributed by atoms with E-state index in [1.807, 2.05) is 0 Å². The molecule has 1 aromatic rings. The van der Waals surface area contributed by atoms with E-state index < -0.39 is 27.2 Å². The Balaban J connectivity index is 1.28. The second-order valence-electron chi connectivity index (χ2n) is 14.9. The maximum Gasteiger partial charge on any atom is 0.338 e. The molecule has 0 unspecified atom stereocenters. The summed E-state index contributed by atoms with van der Waals surface area (Å²) in [6.07, 6.45) is 15.6. The van der Waals surface area contributed by atoms with Crippen molar-refractivity contribution in [2.75, 3.05) is 0 Å². The fourth-order valence-electron chi connectivity index (χ4n) is 9.33. The summed E-state index contributed by atoms with van der Waals surface area (Å²) in [7, 11) is 0. The number of carbonyl (C=O) groups is 1. The van der Waals surface area contributed by atoms with Gasteiger partial charge in [0.15, 0.2) is 0 Å². The highest BCUT2D eigenvalue weighted by molar-refractivity contribution is 5.91. The number of hydrogen-bond donors (Lipinski definition) is 0. The van der Waals surface area contributed by atoms with E-state index in [1.165, 1.54) is 25.7 Å². The normalized spacial score (nSPS) is 35.0. The van der Waals surface area contributed by atoms with Crippen molar-refractivity contribution in [2.45, 2.75) is 99.0 Å². The van der Waals surface area contributed by atoms with Crippen molar-refractivity contribution >= 4 is 17.3 Å². The van der Waals surface area contributed by atoms with Gasteiger partial charge in [0.05, 0.1) is 21.5 Å². The van der Waals surface area contributed by atoms with Crippen LogP contribution in [0.25, 0.3) is 0 Å². The Morgan fingerprint density at radius 1 is 0.907 bits per heavy atom. The summed E-state index contributed by atoms with van der Waals surface area (Å²) in [6.45, 7) is 14.3. The molecule has 43 heavy (non-hydrogen) atoms. The molecule has 0 heterocycles. The van der Waals surface area contributed by atoms with Gasteiger partial charge in [-0.1, -0.05) is 65.3 Å². The molecule has 3 saturated carbocycles. The van der Waals surface area contributed by atoms with Crippen molar-refractivity contribution in [3.05, 3.63) is 67.8 Å². The Labute approximate surface area is 255 Å². The molecule has 5 rings (SSSR count). The Bertz CT molecular complexity index is 1300. The molecule has 4 aliphatic carbocycles. The summed E-state index contributed by atoms with van der Waals surface area (Å²) < 4.78 is 5.85. The highest BCUT2D eigenvalue weighted by Crippen LogP contribution is 2.67. The lowest BCUT2D eigenvalue weighted by Crippen LogP contribution is -2.50. The van der Waals surface area contributed by atoms with Crippen LogP contribution in [0.2, 0.25) is 0 Å². The van der Waals surface area contributed by atoms with Gasteiger partial charge in [-0.3, -0.25) is 20.2 Å². The summed E-state index contributed by atoms with van der Waals surface area (Å²) in [5.74, 6) is 3.42. The number of rotatable bonds is 8. The average Bonchev–Trinajstić information content (AvgIpc) is 3.32. The fraction of sp³-hybridized carbons (Fsp3) is 0.686. The first kappa shape index (κ1) is 31.4. The van der Waals surface area contributed by atoms with Crippen molar-refractivity contribution in [1.29, 1.82) is 0 Å². The van der Waals surface area contributed by atoms with Crippen LogP contribution in [0.15, 0.2) is 42.0 Å². The number of fused-ring (bicyclic) bond motifs is 5. The molecule has 0 N–H and O–H groups in total. The molecule has 8 nitrogen and oxygen atoms in total. The SMILES string of the molecule is CC(C)[C@@H](C)/C=C/[C@@H](C)[C@@H]1CC[C@@H]2C3=CC[C@@H]4C[C@H](OC(=O)c5cc([N+](=O)[O-])cc([N+](=O)[O-])c5)CC[C@@]4(C)[C@H]3CC[C@@]21C. The lowest BCUT2D eigenvalue weighted by molar-refractivity contribution is -0.394. The van der Waals surface area contributed by atoms with E-state index in [9.17, 15) is 25.0 Å². The number of nitro groups is 2. The number of hydrogen-bond acceptors (Lipinski definition) is 6. The molecule has 0 aliphatic heterocycles. The van der Waals surface area contributed by atoms with Gasteiger partial charge in [0, 0.05) is 12.1 Å². The first-order chi connectivity index (χ1) is 20.2. The van der Waals surface area contributed by atoms with E-state index in [0.717, 1.165) is 43.9 Å². The fourth-order valence-corrected chi connectivity index (χ4v) is 9.33. The molecule has 0 saturated heterocycles. The standard InChI is InChI=1S/C35H48N2O6/c1-21(2)22(3)7-8-23(4)30-11-12-31-29-10-9-25-19-28(13-15-34(25,5)32(29)14-16-35(30,31)6)43-33(38)24-17-26(36(39)40)20-27(18-24)37(41)42/h7-8,10,17-18,20-23,25,28,30-32H,9,11-16,19H2,1-6H3/b8-7+/t22-,23+,25+,28+,30-,31+,32-,34+,35+/m0/s1. The maximum atomic E-state index is 13.0. The number of nitrogens with zero attached hydrogens (tertiary/aromatic N) is 2. The second-order valence-corrected chi connectivity index (χ2v) is 14.9. The highest BCUT2D eigenvalue weighted by Gasteiger charge is 2.58. The number of ether oxygens (including phenoxy) is 1. The van der Waals surface area contributed by atoms with Gasteiger partial charge in [0.2, 0.25) is 0 Å². The van der Waals surface area contributed by atoms with Crippen molar-refractivity contribution in [3.8, 4) is 0 Å². The van der Waals surface area contributed by atoms with E-state index in [4.69, 9.17) is 4.74 Å². The van der Waals surface area contributed by atoms with Crippen LogP contribution in [0.5, 0.6) is 0 Å². The third-order valence-electron chi connectivity index (χ3n) is 12.3. The number of carbonyl (C=O) groups excluding carboxylic acids is 1. The highest BCUT2D eigenvalue weighted by atomic mass is 16.6. The molecule has 0 aromatic heterocycles. The van der Waals surface area contributed by atoms with Crippen molar-refractivity contribution < 1.29 is 19.4 Å². The third-order valence-corrected chi connectivity index (χ3v) is 12.3. The van der Waals surface area contributed by atoms with E-state index >= 15 is 0 Å². The van der Waals surface area contributed by atoms with Crippen molar-refractivity contribution in [1.82, 2.24) is 0 Å². The lowest BCUT2D eigenvalue weighted by Gasteiger charge is -2.58. The second kappa shape index (κ2) is 11.8. The summed E-state index contributed by atoms with van der Waals surface area (Å²) >= 11 is 0. The van der Waals surface area contributed by atoms with Gasteiger partial charge in [-0.05, 0) is 104 Å². The molecular formula is C35H48N2O6. The number of esters is 1. The van der Waals surface area contributed by atoms with Crippen LogP contribution in [0, 0.1) is 72.5 Å². The first-order valence-electron chi connectivity index (χ1n) is 16.3. The van der Waals surface area contributed by atoms with Crippen LogP contribution in [-0.2, 0) is 4.74 Å². The number of nitro benzene ring substituents is 2. The van der Waals surface area contributed by atoms with Gasteiger partial charge >= 0.3 is 5.97 Å². The van der Waals surface area contributed by atoms with Gasteiger partial charge in [-0.25, -0.2) is 4.79 Å². The molecule has 3 fully saturated rings. The van der Waals surface area contributed by atoms with Crippen LogP contribution in [-0.4, -0.2) is 21.9 Å². The zero-order valence-corrected chi connectivity index (χ0v) is 26.6. The quantitative estimate of drug-likeness (QED) is 0.129. The number of allylic oxidation sites excluding steroid dienone is 4. The molecule has 0 radical (unpaired) electrons. The lowest BCUT2D eigenvalue weighted by atomic mass is 9.47. The Morgan fingerprint density at radius 3 is 2.16 bits per heavy atom. The summed E-state index contributed by atoms with van der Waals surface area (Å²) in [6, 6.07) is 2.99. The van der Waals surface area contributed by atoms with Gasteiger partial charge in [-0.2, -0.15) is 0 Å². The largest absolute Gasteiger partial charge is 0.459 e. The molecule has 0 bridgehead atoms. The van der Waals surface area contributed by atoms with Crippen molar-refractivity contribution in [3.63, 3.8) is 0 Å².